The quantitative estimate of drug-likeness (QED) is 0.662. The van der Waals surface area contributed by atoms with Crippen LogP contribution in [0.3, 0.4) is 0 Å². The van der Waals surface area contributed by atoms with E-state index in [-0.39, 0.29) is 5.82 Å². The molecule has 0 radical (unpaired) electrons. The lowest BCUT2D eigenvalue weighted by Crippen LogP contribution is -2.01. The summed E-state index contributed by atoms with van der Waals surface area (Å²) < 4.78 is 21.2. The summed E-state index contributed by atoms with van der Waals surface area (Å²) in [6.45, 7) is 1.87. The van der Waals surface area contributed by atoms with Gasteiger partial charge in [-0.2, -0.15) is 0 Å². The zero-order chi connectivity index (χ0) is 15.8. The summed E-state index contributed by atoms with van der Waals surface area (Å²) in [7, 11) is 0. The zero-order valence-electron chi connectivity index (χ0n) is 12.6. The van der Waals surface area contributed by atoms with Gasteiger partial charge in [0.05, 0.1) is 11.3 Å². The molecule has 118 valence electrons. The molecule has 0 N–H and O–H groups in total. The lowest BCUT2D eigenvalue weighted by Gasteiger charge is -2.08. The van der Waals surface area contributed by atoms with E-state index in [1.54, 1.807) is 23.9 Å². The van der Waals surface area contributed by atoms with E-state index in [1.165, 1.54) is 6.07 Å². The van der Waals surface area contributed by atoms with Gasteiger partial charge in [0.25, 0.3) is 0 Å². The first kappa shape index (κ1) is 14.4. The third kappa shape index (κ3) is 2.88. The minimum Gasteiger partial charge on any atom is -0.361 e. The van der Waals surface area contributed by atoms with Crippen LogP contribution >= 0.6 is 11.8 Å². The largest absolute Gasteiger partial charge is 0.361 e. The Hall–Kier alpha value is -2.15. The summed E-state index contributed by atoms with van der Waals surface area (Å²) in [5.41, 5.74) is 1.36. The van der Waals surface area contributed by atoms with Crippen LogP contribution in [0.15, 0.2) is 40.0 Å². The molecule has 7 heteroatoms. The third-order valence-electron chi connectivity index (χ3n) is 3.72. The van der Waals surface area contributed by atoms with Crippen molar-refractivity contribution in [3.05, 3.63) is 47.6 Å². The fourth-order valence-corrected chi connectivity index (χ4v) is 3.37. The maximum Gasteiger partial charge on any atom is 0.192 e. The summed E-state index contributed by atoms with van der Waals surface area (Å²) in [5, 5.41) is 13.3. The van der Waals surface area contributed by atoms with Crippen LogP contribution in [-0.2, 0) is 5.75 Å². The van der Waals surface area contributed by atoms with Crippen LogP contribution < -0.4 is 0 Å². The normalized spacial score (nSPS) is 14.3. The second kappa shape index (κ2) is 5.81. The van der Waals surface area contributed by atoms with Crippen molar-refractivity contribution in [1.82, 2.24) is 19.9 Å². The number of hydrogen-bond donors (Lipinski definition) is 0. The highest BCUT2D eigenvalue weighted by molar-refractivity contribution is 7.98. The van der Waals surface area contributed by atoms with Gasteiger partial charge in [0.1, 0.15) is 11.6 Å². The molecule has 1 saturated carbocycles. The predicted octanol–water partition coefficient (Wildman–Crippen LogP) is 4.01. The van der Waals surface area contributed by atoms with Gasteiger partial charge in [-0.15, -0.1) is 10.2 Å². The molecule has 0 aliphatic heterocycles. The number of rotatable bonds is 5. The summed E-state index contributed by atoms with van der Waals surface area (Å²) in [5.74, 6) is 1.77. The SMILES string of the molecule is Cc1cc(CSc2nnc(-c3ccccc3F)n2C2CC2)no1. The van der Waals surface area contributed by atoms with Gasteiger partial charge < -0.3 is 4.52 Å². The Balaban J connectivity index is 1.64. The van der Waals surface area contributed by atoms with E-state index < -0.39 is 0 Å². The Kier molecular flexibility index (Phi) is 3.65. The molecule has 0 spiro atoms. The summed E-state index contributed by atoms with van der Waals surface area (Å²) in [6.07, 6.45) is 2.16. The molecule has 0 unspecified atom stereocenters. The molecule has 1 aromatic carbocycles. The van der Waals surface area contributed by atoms with E-state index in [2.05, 4.69) is 19.9 Å². The van der Waals surface area contributed by atoms with Crippen LogP contribution in [0.5, 0.6) is 0 Å². The molecule has 1 aliphatic rings. The number of nitrogens with zero attached hydrogens (tertiary/aromatic N) is 4. The van der Waals surface area contributed by atoms with E-state index in [0.29, 0.717) is 23.2 Å². The fraction of sp³-hybridized carbons (Fsp3) is 0.312. The van der Waals surface area contributed by atoms with E-state index in [9.17, 15) is 4.39 Å². The van der Waals surface area contributed by atoms with Crippen molar-refractivity contribution >= 4 is 11.8 Å². The summed E-state index contributed by atoms with van der Waals surface area (Å²) in [4.78, 5) is 0. The maximum atomic E-state index is 14.1. The number of aryl methyl sites for hydroxylation is 1. The second-order valence-corrected chi connectivity index (χ2v) is 6.55. The minimum atomic E-state index is -0.273. The lowest BCUT2D eigenvalue weighted by atomic mass is 10.2. The molecular weight excluding hydrogens is 315 g/mol. The van der Waals surface area contributed by atoms with Crippen LogP contribution in [0.2, 0.25) is 0 Å². The van der Waals surface area contributed by atoms with Crippen molar-refractivity contribution in [3.63, 3.8) is 0 Å². The van der Waals surface area contributed by atoms with Gasteiger partial charge in [-0.25, -0.2) is 4.39 Å². The number of halogens is 1. The lowest BCUT2D eigenvalue weighted by molar-refractivity contribution is 0.393. The van der Waals surface area contributed by atoms with E-state index in [0.717, 1.165) is 29.5 Å². The van der Waals surface area contributed by atoms with Crippen LogP contribution in [0.1, 0.15) is 30.3 Å². The second-order valence-electron chi connectivity index (χ2n) is 5.60. The molecular formula is C16H15FN4OS. The van der Waals surface area contributed by atoms with E-state index in [4.69, 9.17) is 4.52 Å². The number of benzene rings is 1. The molecule has 1 aliphatic carbocycles. The van der Waals surface area contributed by atoms with Crippen molar-refractivity contribution in [3.8, 4) is 11.4 Å². The number of thioether (sulfide) groups is 1. The van der Waals surface area contributed by atoms with E-state index in [1.807, 2.05) is 19.1 Å². The molecule has 23 heavy (non-hydrogen) atoms. The Morgan fingerprint density at radius 1 is 1.30 bits per heavy atom. The minimum absolute atomic E-state index is 0.273. The van der Waals surface area contributed by atoms with Crippen LogP contribution in [0.25, 0.3) is 11.4 Å². The van der Waals surface area contributed by atoms with Gasteiger partial charge in [-0.05, 0) is 31.9 Å². The monoisotopic (exact) mass is 330 g/mol. The molecule has 0 atom stereocenters. The Morgan fingerprint density at radius 3 is 2.83 bits per heavy atom. The summed E-state index contributed by atoms with van der Waals surface area (Å²) in [6, 6.07) is 8.96. The first-order chi connectivity index (χ1) is 11.2. The Labute approximate surface area is 136 Å². The van der Waals surface area contributed by atoms with Crippen molar-refractivity contribution in [1.29, 1.82) is 0 Å². The van der Waals surface area contributed by atoms with Crippen LogP contribution in [0, 0.1) is 12.7 Å². The highest BCUT2D eigenvalue weighted by Crippen LogP contribution is 2.41. The van der Waals surface area contributed by atoms with Gasteiger partial charge >= 0.3 is 0 Å². The average molecular weight is 330 g/mol. The molecule has 2 heterocycles. The number of aromatic nitrogens is 4. The predicted molar refractivity (Wildman–Crippen MR) is 84.5 cm³/mol. The van der Waals surface area contributed by atoms with Gasteiger partial charge in [-0.1, -0.05) is 29.1 Å². The zero-order valence-corrected chi connectivity index (χ0v) is 13.4. The van der Waals surface area contributed by atoms with E-state index >= 15 is 0 Å². The Morgan fingerprint density at radius 2 is 2.13 bits per heavy atom. The van der Waals surface area contributed by atoms with Crippen molar-refractivity contribution in [2.75, 3.05) is 0 Å². The van der Waals surface area contributed by atoms with Crippen molar-refractivity contribution in [2.45, 2.75) is 36.7 Å². The standard InChI is InChI=1S/C16H15FN4OS/c1-10-8-11(20-22-10)9-23-16-19-18-15(21(16)12-6-7-12)13-4-2-3-5-14(13)17/h2-5,8,12H,6-7,9H2,1H3. The molecule has 0 bridgehead atoms. The van der Waals surface area contributed by atoms with Gasteiger partial charge in [0.15, 0.2) is 11.0 Å². The fourth-order valence-electron chi connectivity index (χ4n) is 2.49. The van der Waals surface area contributed by atoms with Crippen molar-refractivity contribution in [2.24, 2.45) is 0 Å². The smallest absolute Gasteiger partial charge is 0.192 e. The van der Waals surface area contributed by atoms with Gasteiger partial charge in [0.2, 0.25) is 0 Å². The molecule has 4 rings (SSSR count). The van der Waals surface area contributed by atoms with Gasteiger partial charge in [-0.3, -0.25) is 4.57 Å². The topological polar surface area (TPSA) is 56.7 Å². The highest BCUT2D eigenvalue weighted by atomic mass is 32.2. The average Bonchev–Trinajstić information content (AvgIpc) is 3.16. The molecule has 1 fully saturated rings. The molecule has 5 nitrogen and oxygen atoms in total. The third-order valence-corrected chi connectivity index (χ3v) is 4.69. The van der Waals surface area contributed by atoms with Crippen LogP contribution in [0.4, 0.5) is 4.39 Å². The molecule has 0 amide bonds. The first-order valence-electron chi connectivity index (χ1n) is 7.47. The van der Waals surface area contributed by atoms with Crippen molar-refractivity contribution < 1.29 is 8.91 Å². The Bertz CT molecular complexity index is 840. The highest BCUT2D eigenvalue weighted by Gasteiger charge is 2.30. The maximum absolute atomic E-state index is 14.1. The molecule has 3 aromatic rings. The summed E-state index contributed by atoms with van der Waals surface area (Å²) >= 11 is 1.55. The molecule has 0 saturated heterocycles. The van der Waals surface area contributed by atoms with Crippen LogP contribution in [-0.4, -0.2) is 19.9 Å². The van der Waals surface area contributed by atoms with Gasteiger partial charge in [0, 0.05) is 17.9 Å². The number of hydrogen-bond acceptors (Lipinski definition) is 5. The molecule has 2 aromatic heterocycles. The first-order valence-corrected chi connectivity index (χ1v) is 8.46.